The van der Waals surface area contributed by atoms with E-state index < -0.39 is 5.09 Å². The predicted octanol–water partition coefficient (Wildman–Crippen LogP) is 1.67. The highest BCUT2D eigenvalue weighted by molar-refractivity contribution is 6.34. The van der Waals surface area contributed by atoms with Crippen LogP contribution in [0.2, 0.25) is 5.02 Å². The van der Waals surface area contributed by atoms with Crippen molar-refractivity contribution in [1.29, 1.82) is 0 Å². The Balaban J connectivity index is 0.000000357. The van der Waals surface area contributed by atoms with Crippen molar-refractivity contribution in [1.82, 2.24) is 5.32 Å². The van der Waals surface area contributed by atoms with Crippen LogP contribution in [-0.2, 0) is 0 Å². The van der Waals surface area contributed by atoms with Gasteiger partial charge in [-0.15, -0.1) is 10.1 Å². The van der Waals surface area contributed by atoms with Gasteiger partial charge < -0.3 is 15.8 Å². The first kappa shape index (κ1) is 14.0. The molecule has 0 aliphatic carbocycles. The summed E-state index contributed by atoms with van der Waals surface area (Å²) in [7, 11) is 0. The molecule has 98 valence electrons. The molecule has 0 radical (unpaired) electrons. The zero-order valence-corrected chi connectivity index (χ0v) is 10.4. The minimum absolute atomic E-state index is 0.724. The molecule has 0 fully saturated rings. The van der Waals surface area contributed by atoms with Gasteiger partial charge in [0, 0.05) is 6.54 Å². The Morgan fingerprint density at radius 1 is 1.61 bits per heavy atom. The summed E-state index contributed by atoms with van der Waals surface area (Å²) in [5.41, 5.74) is 2.05. The molecule has 0 atom stereocenters. The van der Waals surface area contributed by atoms with Crippen LogP contribution in [0, 0.1) is 17.0 Å². The van der Waals surface area contributed by atoms with Crippen LogP contribution in [0.15, 0.2) is 23.2 Å². The molecule has 0 aromatic heterocycles. The Kier molecular flexibility index (Phi) is 5.19. The molecule has 0 spiro atoms. The van der Waals surface area contributed by atoms with Gasteiger partial charge in [0.05, 0.1) is 17.3 Å². The molecule has 1 aromatic carbocycles. The summed E-state index contributed by atoms with van der Waals surface area (Å²) in [5, 5.41) is 20.7. The Hall–Kier alpha value is -2.02. The molecule has 0 saturated carbocycles. The molecule has 18 heavy (non-hydrogen) atoms. The molecular formula is C10H13ClN4O3. The van der Waals surface area contributed by atoms with Crippen molar-refractivity contribution >= 4 is 23.2 Å². The monoisotopic (exact) mass is 272 g/mol. The van der Waals surface area contributed by atoms with Crippen molar-refractivity contribution in [3.05, 3.63) is 38.9 Å². The van der Waals surface area contributed by atoms with E-state index >= 15 is 0 Å². The second-order valence-corrected chi connectivity index (χ2v) is 3.86. The van der Waals surface area contributed by atoms with E-state index in [0.717, 1.165) is 35.3 Å². The van der Waals surface area contributed by atoms with E-state index in [2.05, 4.69) is 15.6 Å². The molecule has 1 aliphatic heterocycles. The number of nitrogens with one attached hydrogen (secondary N) is 2. The maximum Gasteiger partial charge on any atom is 0.291 e. The largest absolute Gasteiger partial charge is 0.354 e. The quantitative estimate of drug-likeness (QED) is 0.533. The highest BCUT2D eigenvalue weighted by atomic mass is 35.5. The van der Waals surface area contributed by atoms with Crippen LogP contribution >= 0.6 is 11.6 Å². The average Bonchev–Trinajstić information content (AvgIpc) is 2.75. The number of para-hydroxylation sites is 1. The second kappa shape index (κ2) is 6.65. The zero-order valence-electron chi connectivity index (χ0n) is 9.68. The topological polar surface area (TPSA) is 99.8 Å². The van der Waals surface area contributed by atoms with Gasteiger partial charge in [-0.05, 0) is 18.6 Å². The lowest BCUT2D eigenvalue weighted by Crippen LogP contribution is -2.26. The number of nitrogens with zero attached hydrogens (tertiary/aromatic N) is 2. The highest BCUT2D eigenvalue weighted by Crippen LogP contribution is 2.25. The van der Waals surface area contributed by atoms with Crippen molar-refractivity contribution in [2.24, 2.45) is 4.99 Å². The number of anilines is 1. The number of benzene rings is 1. The van der Waals surface area contributed by atoms with Crippen molar-refractivity contribution < 1.29 is 10.3 Å². The lowest BCUT2D eigenvalue weighted by Gasteiger charge is -2.10. The van der Waals surface area contributed by atoms with Crippen molar-refractivity contribution in [3.63, 3.8) is 0 Å². The van der Waals surface area contributed by atoms with E-state index in [1.54, 1.807) is 0 Å². The van der Waals surface area contributed by atoms with Gasteiger partial charge in [-0.3, -0.25) is 4.99 Å². The summed E-state index contributed by atoms with van der Waals surface area (Å²) in [4.78, 5) is 12.6. The predicted molar refractivity (Wildman–Crippen MR) is 68.9 cm³/mol. The summed E-state index contributed by atoms with van der Waals surface area (Å²) >= 11 is 6.06. The van der Waals surface area contributed by atoms with E-state index in [1.807, 2.05) is 25.1 Å². The third-order valence-electron chi connectivity index (χ3n) is 2.14. The summed E-state index contributed by atoms with van der Waals surface area (Å²) in [6, 6.07) is 5.82. The fraction of sp³-hybridized carbons (Fsp3) is 0.300. The standard InChI is InChI=1S/C10H12ClN3.HNO3/c1-7-3-2-4-8(11)9(7)14-10-12-5-6-13-10;2-1(3)4/h2-4H,5-6H2,1H3,(H2,12,13,14);(H,2,3,4). The average molecular weight is 273 g/mol. The van der Waals surface area contributed by atoms with Crippen LogP contribution < -0.4 is 10.6 Å². The van der Waals surface area contributed by atoms with E-state index in [0.29, 0.717) is 0 Å². The van der Waals surface area contributed by atoms with Crippen LogP contribution in [0.5, 0.6) is 0 Å². The number of hydrogen-bond donors (Lipinski definition) is 3. The Morgan fingerprint density at radius 3 is 2.78 bits per heavy atom. The summed E-state index contributed by atoms with van der Waals surface area (Å²) in [6.45, 7) is 3.74. The molecule has 0 saturated heterocycles. The van der Waals surface area contributed by atoms with E-state index in [4.69, 9.17) is 26.9 Å². The molecule has 0 bridgehead atoms. The normalized spacial score (nSPS) is 12.9. The van der Waals surface area contributed by atoms with Crippen LogP contribution in [0.3, 0.4) is 0 Å². The van der Waals surface area contributed by atoms with Gasteiger partial charge in [-0.1, -0.05) is 23.7 Å². The van der Waals surface area contributed by atoms with E-state index in [-0.39, 0.29) is 0 Å². The molecule has 2 rings (SSSR count). The molecular weight excluding hydrogens is 260 g/mol. The SMILES string of the molecule is Cc1cccc(Cl)c1NC1=NCCN1.O=[N+]([O-])O. The number of aryl methyl sites for hydroxylation is 1. The molecule has 0 amide bonds. The second-order valence-electron chi connectivity index (χ2n) is 3.45. The molecule has 1 heterocycles. The third-order valence-corrected chi connectivity index (χ3v) is 2.45. The molecule has 1 aromatic rings. The number of hydrogen-bond acceptors (Lipinski definition) is 5. The van der Waals surface area contributed by atoms with Crippen molar-refractivity contribution in [2.75, 3.05) is 18.4 Å². The van der Waals surface area contributed by atoms with Crippen LogP contribution in [0.4, 0.5) is 5.69 Å². The first-order chi connectivity index (χ1) is 8.50. The number of rotatable bonds is 1. The van der Waals surface area contributed by atoms with E-state index in [1.165, 1.54) is 0 Å². The Morgan fingerprint density at radius 2 is 2.28 bits per heavy atom. The van der Waals surface area contributed by atoms with Gasteiger partial charge in [0.15, 0.2) is 5.96 Å². The molecule has 8 heteroatoms. The lowest BCUT2D eigenvalue weighted by molar-refractivity contribution is -0.742. The summed E-state index contributed by atoms with van der Waals surface area (Å²) < 4.78 is 0. The zero-order chi connectivity index (χ0) is 13.5. The lowest BCUT2D eigenvalue weighted by atomic mass is 10.2. The van der Waals surface area contributed by atoms with Gasteiger partial charge >= 0.3 is 0 Å². The van der Waals surface area contributed by atoms with Crippen LogP contribution in [-0.4, -0.2) is 29.3 Å². The summed E-state index contributed by atoms with van der Waals surface area (Å²) in [5.74, 6) is 0.807. The molecule has 0 unspecified atom stereocenters. The smallest absolute Gasteiger partial charge is 0.291 e. The maximum absolute atomic E-state index is 8.36. The van der Waals surface area contributed by atoms with Gasteiger partial charge in [-0.25, -0.2) is 0 Å². The van der Waals surface area contributed by atoms with Gasteiger partial charge in [0.25, 0.3) is 5.09 Å². The Bertz CT molecular complexity index is 440. The van der Waals surface area contributed by atoms with Crippen molar-refractivity contribution in [2.45, 2.75) is 6.92 Å². The van der Waals surface area contributed by atoms with Crippen molar-refractivity contribution in [3.8, 4) is 0 Å². The number of guanidine groups is 1. The van der Waals surface area contributed by atoms with Gasteiger partial charge in [-0.2, -0.15) is 0 Å². The number of halogens is 1. The summed E-state index contributed by atoms with van der Waals surface area (Å²) in [6.07, 6.45) is 0. The fourth-order valence-electron chi connectivity index (χ4n) is 1.39. The fourth-order valence-corrected chi connectivity index (χ4v) is 1.66. The van der Waals surface area contributed by atoms with Gasteiger partial charge in [0.2, 0.25) is 0 Å². The Labute approximate surface area is 109 Å². The van der Waals surface area contributed by atoms with Crippen LogP contribution in [0.25, 0.3) is 0 Å². The minimum atomic E-state index is -1.50. The number of aliphatic imine (C=N–C) groups is 1. The van der Waals surface area contributed by atoms with Crippen LogP contribution in [0.1, 0.15) is 5.56 Å². The first-order valence-electron chi connectivity index (χ1n) is 5.14. The maximum atomic E-state index is 8.36. The third kappa shape index (κ3) is 4.46. The van der Waals surface area contributed by atoms with Gasteiger partial charge in [0.1, 0.15) is 0 Å². The minimum Gasteiger partial charge on any atom is -0.354 e. The van der Waals surface area contributed by atoms with E-state index in [9.17, 15) is 0 Å². The molecule has 1 aliphatic rings. The first-order valence-corrected chi connectivity index (χ1v) is 5.52. The highest BCUT2D eigenvalue weighted by Gasteiger charge is 2.08. The molecule has 7 nitrogen and oxygen atoms in total. The molecule has 3 N–H and O–H groups in total.